The zero-order valence-electron chi connectivity index (χ0n) is 6.96. The lowest BCUT2D eigenvalue weighted by molar-refractivity contribution is 0.0695. The average Bonchev–Trinajstić information content (AvgIpc) is 2.04. The Morgan fingerprint density at radius 1 is 1.54 bits per heavy atom. The molecule has 4 heteroatoms. The molecule has 0 saturated carbocycles. The summed E-state index contributed by atoms with van der Waals surface area (Å²) >= 11 is 0. The van der Waals surface area contributed by atoms with Gasteiger partial charge >= 0.3 is 5.97 Å². The van der Waals surface area contributed by atoms with Crippen molar-refractivity contribution in [2.24, 2.45) is 5.73 Å². The number of carbonyl (C=O) groups is 1. The van der Waals surface area contributed by atoms with Crippen LogP contribution in [-0.2, 0) is 6.42 Å². The summed E-state index contributed by atoms with van der Waals surface area (Å²) in [7, 11) is 0. The summed E-state index contributed by atoms with van der Waals surface area (Å²) < 4.78 is 12.7. The highest BCUT2D eigenvalue weighted by Gasteiger charge is 2.09. The molecule has 1 rings (SSSR count). The lowest BCUT2D eigenvalue weighted by Crippen LogP contribution is -2.08. The molecule has 1 aromatic rings. The third-order valence-electron chi connectivity index (χ3n) is 1.71. The van der Waals surface area contributed by atoms with Crippen molar-refractivity contribution in [3.8, 4) is 0 Å². The van der Waals surface area contributed by atoms with Crippen LogP contribution in [0.3, 0.4) is 0 Å². The fourth-order valence-corrected chi connectivity index (χ4v) is 1.13. The number of hydrogen-bond donors (Lipinski definition) is 2. The van der Waals surface area contributed by atoms with Crippen molar-refractivity contribution in [2.75, 3.05) is 6.54 Å². The number of carboxylic acid groups (broad SMARTS) is 1. The Kier molecular flexibility index (Phi) is 2.97. The Labute approximate surface area is 75.0 Å². The van der Waals surface area contributed by atoms with Crippen LogP contribution in [0.5, 0.6) is 0 Å². The van der Waals surface area contributed by atoms with E-state index in [1.807, 2.05) is 0 Å². The van der Waals surface area contributed by atoms with Gasteiger partial charge in [0.2, 0.25) is 0 Å². The molecule has 70 valence electrons. The molecule has 0 atom stereocenters. The van der Waals surface area contributed by atoms with Gasteiger partial charge in [-0.2, -0.15) is 0 Å². The van der Waals surface area contributed by atoms with Crippen LogP contribution in [0.1, 0.15) is 15.9 Å². The first-order chi connectivity index (χ1) is 6.15. The van der Waals surface area contributed by atoms with Crippen molar-refractivity contribution >= 4 is 5.97 Å². The second kappa shape index (κ2) is 4.00. The van der Waals surface area contributed by atoms with E-state index < -0.39 is 11.8 Å². The van der Waals surface area contributed by atoms with Gasteiger partial charge in [0, 0.05) is 0 Å². The van der Waals surface area contributed by atoms with E-state index in [0.717, 1.165) is 6.07 Å². The predicted molar refractivity (Wildman–Crippen MR) is 46.1 cm³/mol. The maximum absolute atomic E-state index is 12.7. The molecular weight excluding hydrogens is 173 g/mol. The van der Waals surface area contributed by atoms with Gasteiger partial charge in [0.25, 0.3) is 0 Å². The number of benzene rings is 1. The first-order valence-corrected chi connectivity index (χ1v) is 3.87. The van der Waals surface area contributed by atoms with Gasteiger partial charge in [0.05, 0.1) is 5.56 Å². The van der Waals surface area contributed by atoms with Crippen molar-refractivity contribution < 1.29 is 14.3 Å². The average molecular weight is 183 g/mol. The molecular formula is C9H10FNO2. The molecule has 0 spiro atoms. The summed E-state index contributed by atoms with van der Waals surface area (Å²) in [5.41, 5.74) is 5.82. The first kappa shape index (κ1) is 9.67. The second-order valence-electron chi connectivity index (χ2n) is 2.65. The molecule has 0 bridgehead atoms. The normalized spacial score (nSPS) is 10.0. The third-order valence-corrected chi connectivity index (χ3v) is 1.71. The zero-order chi connectivity index (χ0) is 9.84. The van der Waals surface area contributed by atoms with Gasteiger partial charge in [-0.25, -0.2) is 9.18 Å². The fourth-order valence-electron chi connectivity index (χ4n) is 1.13. The molecule has 13 heavy (non-hydrogen) atoms. The summed E-state index contributed by atoms with van der Waals surface area (Å²) in [4.78, 5) is 10.6. The number of carboxylic acids is 1. The van der Waals surface area contributed by atoms with E-state index in [1.54, 1.807) is 0 Å². The van der Waals surface area contributed by atoms with Gasteiger partial charge in [-0.05, 0) is 36.7 Å². The second-order valence-corrected chi connectivity index (χ2v) is 2.65. The quantitative estimate of drug-likeness (QED) is 0.735. The molecule has 0 unspecified atom stereocenters. The van der Waals surface area contributed by atoms with Crippen LogP contribution in [-0.4, -0.2) is 17.6 Å². The maximum atomic E-state index is 12.7. The van der Waals surface area contributed by atoms with E-state index >= 15 is 0 Å². The van der Waals surface area contributed by atoms with Gasteiger partial charge in [0.1, 0.15) is 5.82 Å². The van der Waals surface area contributed by atoms with Gasteiger partial charge in [-0.3, -0.25) is 0 Å². The third kappa shape index (κ3) is 2.26. The molecule has 0 aliphatic heterocycles. The largest absolute Gasteiger partial charge is 0.478 e. The summed E-state index contributed by atoms with van der Waals surface area (Å²) in [6.07, 6.45) is 0.374. The molecule has 0 aromatic heterocycles. The number of halogens is 1. The minimum absolute atomic E-state index is 0.117. The van der Waals surface area contributed by atoms with Crippen LogP contribution < -0.4 is 5.73 Å². The topological polar surface area (TPSA) is 63.3 Å². The minimum atomic E-state index is -1.05. The van der Waals surface area contributed by atoms with E-state index in [1.165, 1.54) is 12.1 Å². The molecule has 0 radical (unpaired) electrons. The molecule has 0 aliphatic rings. The number of aromatic carboxylic acids is 1. The summed E-state index contributed by atoms with van der Waals surface area (Å²) in [6, 6.07) is 3.59. The molecule has 3 N–H and O–H groups in total. The minimum Gasteiger partial charge on any atom is -0.478 e. The van der Waals surface area contributed by atoms with Crippen LogP contribution in [0.25, 0.3) is 0 Å². The van der Waals surface area contributed by atoms with Gasteiger partial charge < -0.3 is 10.8 Å². The molecule has 0 amide bonds. The van der Waals surface area contributed by atoms with Crippen LogP contribution in [0.2, 0.25) is 0 Å². The van der Waals surface area contributed by atoms with Crippen molar-refractivity contribution in [1.29, 1.82) is 0 Å². The van der Waals surface area contributed by atoms with E-state index in [0.29, 0.717) is 18.5 Å². The highest BCUT2D eigenvalue weighted by molar-refractivity contribution is 5.89. The van der Waals surface area contributed by atoms with E-state index in [-0.39, 0.29) is 5.56 Å². The standard InChI is InChI=1S/C9H10FNO2/c10-7-1-2-8(9(12)13)6(5-7)3-4-11/h1-2,5H,3-4,11H2,(H,12,13). The summed E-state index contributed by atoms with van der Waals surface area (Å²) in [6.45, 7) is 0.309. The Bertz CT molecular complexity index is 325. The Balaban J connectivity index is 3.10. The SMILES string of the molecule is NCCc1cc(F)ccc1C(=O)O. The van der Waals surface area contributed by atoms with Crippen molar-refractivity contribution in [2.45, 2.75) is 6.42 Å². The number of rotatable bonds is 3. The predicted octanol–water partition coefficient (Wildman–Crippen LogP) is 1.03. The molecule has 0 fully saturated rings. The van der Waals surface area contributed by atoms with Crippen LogP contribution >= 0.6 is 0 Å². The zero-order valence-corrected chi connectivity index (χ0v) is 6.96. The van der Waals surface area contributed by atoms with Crippen molar-refractivity contribution in [3.63, 3.8) is 0 Å². The maximum Gasteiger partial charge on any atom is 0.335 e. The lowest BCUT2D eigenvalue weighted by Gasteiger charge is -2.03. The molecule has 3 nitrogen and oxygen atoms in total. The smallest absolute Gasteiger partial charge is 0.335 e. The Morgan fingerprint density at radius 2 is 2.23 bits per heavy atom. The van der Waals surface area contributed by atoms with Gasteiger partial charge in [0.15, 0.2) is 0 Å². The molecule has 0 saturated heterocycles. The summed E-state index contributed by atoms with van der Waals surface area (Å²) in [5, 5.41) is 8.72. The molecule has 0 heterocycles. The number of hydrogen-bond acceptors (Lipinski definition) is 2. The number of nitrogens with two attached hydrogens (primary N) is 1. The molecule has 0 aliphatic carbocycles. The van der Waals surface area contributed by atoms with Gasteiger partial charge in [-0.15, -0.1) is 0 Å². The van der Waals surface area contributed by atoms with Crippen molar-refractivity contribution in [3.05, 3.63) is 35.1 Å². The van der Waals surface area contributed by atoms with Crippen molar-refractivity contribution in [1.82, 2.24) is 0 Å². The van der Waals surface area contributed by atoms with Crippen LogP contribution in [0, 0.1) is 5.82 Å². The first-order valence-electron chi connectivity index (χ1n) is 3.87. The molecule has 1 aromatic carbocycles. The highest BCUT2D eigenvalue weighted by Crippen LogP contribution is 2.11. The Hall–Kier alpha value is -1.42. The lowest BCUT2D eigenvalue weighted by atomic mass is 10.0. The Morgan fingerprint density at radius 3 is 2.77 bits per heavy atom. The monoisotopic (exact) mass is 183 g/mol. The highest BCUT2D eigenvalue weighted by atomic mass is 19.1. The van der Waals surface area contributed by atoms with E-state index in [2.05, 4.69) is 0 Å². The summed E-state index contributed by atoms with van der Waals surface area (Å²) in [5.74, 6) is -1.49. The van der Waals surface area contributed by atoms with Gasteiger partial charge in [-0.1, -0.05) is 0 Å². The fraction of sp³-hybridized carbons (Fsp3) is 0.222. The van der Waals surface area contributed by atoms with Crippen LogP contribution in [0.15, 0.2) is 18.2 Å². The van der Waals surface area contributed by atoms with E-state index in [9.17, 15) is 9.18 Å². The van der Waals surface area contributed by atoms with E-state index in [4.69, 9.17) is 10.8 Å². The van der Waals surface area contributed by atoms with Crippen LogP contribution in [0.4, 0.5) is 4.39 Å².